The molecule has 0 fully saturated rings. The van der Waals surface area contributed by atoms with E-state index in [-0.39, 0.29) is 5.91 Å². The van der Waals surface area contributed by atoms with Crippen LogP contribution in [-0.2, 0) is 17.6 Å². The third kappa shape index (κ3) is 5.10. The highest BCUT2D eigenvalue weighted by atomic mass is 16.5. The second-order valence-electron chi connectivity index (χ2n) is 5.79. The number of amides is 1. The van der Waals surface area contributed by atoms with Crippen LogP contribution in [0.2, 0.25) is 0 Å². The monoisotopic (exact) mass is 326 g/mol. The molecule has 0 aromatic heterocycles. The third-order valence-electron chi connectivity index (χ3n) is 4.01. The maximum Gasteiger partial charge on any atom is 0.238 e. The van der Waals surface area contributed by atoms with Gasteiger partial charge >= 0.3 is 0 Å². The van der Waals surface area contributed by atoms with Gasteiger partial charge in [0, 0.05) is 5.69 Å². The molecule has 0 unspecified atom stereocenters. The number of carbonyl (C=O) groups excluding carboxylic acids is 1. The van der Waals surface area contributed by atoms with Crippen molar-refractivity contribution in [2.24, 2.45) is 0 Å². The summed E-state index contributed by atoms with van der Waals surface area (Å²) in [5.41, 5.74) is 4.40. The molecule has 0 bridgehead atoms. The van der Waals surface area contributed by atoms with Gasteiger partial charge in [-0.3, -0.25) is 4.79 Å². The average molecular weight is 326 g/mol. The lowest BCUT2D eigenvalue weighted by atomic mass is 10.1. The fourth-order valence-electron chi connectivity index (χ4n) is 2.65. The summed E-state index contributed by atoms with van der Waals surface area (Å²) in [6, 6.07) is 14.1. The minimum Gasteiger partial charge on any atom is -0.497 e. The molecular formula is C20H26N2O2. The Bertz CT molecular complexity index is 683. The van der Waals surface area contributed by atoms with Crippen LogP contribution in [0.1, 0.15) is 23.6 Å². The van der Waals surface area contributed by atoms with Crippen LogP contribution < -0.4 is 15.4 Å². The van der Waals surface area contributed by atoms with Crippen LogP contribution in [0.4, 0.5) is 5.69 Å². The number of ether oxygens (including phenoxy) is 1. The molecule has 4 nitrogen and oxygen atoms in total. The van der Waals surface area contributed by atoms with Gasteiger partial charge in [0.15, 0.2) is 0 Å². The number of nitrogens with one attached hydrogen (secondary N) is 2. The fourth-order valence-corrected chi connectivity index (χ4v) is 2.65. The zero-order chi connectivity index (χ0) is 17.4. The first kappa shape index (κ1) is 18.0. The molecule has 0 spiro atoms. The molecule has 0 aliphatic carbocycles. The highest BCUT2D eigenvalue weighted by Crippen LogP contribution is 2.20. The molecule has 0 saturated heterocycles. The summed E-state index contributed by atoms with van der Waals surface area (Å²) in [6.45, 7) is 5.16. The summed E-state index contributed by atoms with van der Waals surface area (Å²) in [5.74, 6) is 0.849. The summed E-state index contributed by atoms with van der Waals surface area (Å²) in [4.78, 5) is 12.2. The van der Waals surface area contributed by atoms with Gasteiger partial charge in [0.25, 0.3) is 0 Å². The average Bonchev–Trinajstić information content (AvgIpc) is 2.60. The summed E-state index contributed by atoms with van der Waals surface area (Å²) in [7, 11) is 1.66. The molecule has 2 N–H and O–H groups in total. The Morgan fingerprint density at radius 2 is 1.96 bits per heavy atom. The molecule has 0 aliphatic rings. The predicted octanol–water partition coefficient (Wildman–Crippen LogP) is 3.34. The number of hydrogen-bond acceptors (Lipinski definition) is 3. The number of aryl methyl sites for hydroxylation is 2. The Morgan fingerprint density at radius 3 is 2.71 bits per heavy atom. The van der Waals surface area contributed by atoms with E-state index in [1.807, 2.05) is 37.3 Å². The molecular weight excluding hydrogens is 300 g/mol. The minimum absolute atomic E-state index is 0.00959. The Hall–Kier alpha value is -2.33. The lowest BCUT2D eigenvalue weighted by Crippen LogP contribution is -2.30. The molecule has 0 aliphatic heterocycles. The molecule has 0 saturated carbocycles. The van der Waals surface area contributed by atoms with E-state index in [1.165, 1.54) is 11.1 Å². The standard InChI is InChI=1S/C20H26N2O2/c1-4-17-9-5-7-15(2)20(17)22-19(23)14-21-12-11-16-8-6-10-18(13-16)24-3/h5-10,13,21H,4,11-12,14H2,1-3H3,(H,22,23). The van der Waals surface area contributed by atoms with E-state index in [9.17, 15) is 4.79 Å². The van der Waals surface area contributed by atoms with Crippen molar-refractivity contribution in [3.8, 4) is 5.75 Å². The SMILES string of the molecule is CCc1cccc(C)c1NC(=O)CNCCc1cccc(OC)c1. The van der Waals surface area contributed by atoms with Gasteiger partial charge in [0.1, 0.15) is 5.75 Å². The first-order valence-electron chi connectivity index (χ1n) is 8.36. The zero-order valence-corrected chi connectivity index (χ0v) is 14.7. The number of para-hydroxylation sites is 1. The quantitative estimate of drug-likeness (QED) is 0.732. The van der Waals surface area contributed by atoms with Crippen molar-refractivity contribution >= 4 is 11.6 Å². The Labute approximate surface area is 144 Å². The van der Waals surface area contributed by atoms with Crippen molar-refractivity contribution < 1.29 is 9.53 Å². The molecule has 0 radical (unpaired) electrons. The van der Waals surface area contributed by atoms with E-state index >= 15 is 0 Å². The third-order valence-corrected chi connectivity index (χ3v) is 4.01. The van der Waals surface area contributed by atoms with E-state index < -0.39 is 0 Å². The maximum absolute atomic E-state index is 12.2. The number of anilines is 1. The molecule has 1 amide bonds. The van der Waals surface area contributed by atoms with Crippen molar-refractivity contribution in [2.75, 3.05) is 25.5 Å². The molecule has 24 heavy (non-hydrogen) atoms. The highest BCUT2D eigenvalue weighted by Gasteiger charge is 2.08. The molecule has 4 heteroatoms. The molecule has 2 aromatic carbocycles. The Morgan fingerprint density at radius 1 is 1.17 bits per heavy atom. The van der Waals surface area contributed by atoms with Gasteiger partial charge in [-0.2, -0.15) is 0 Å². The number of hydrogen-bond donors (Lipinski definition) is 2. The second kappa shape index (κ2) is 9.08. The molecule has 2 rings (SSSR count). The lowest BCUT2D eigenvalue weighted by Gasteiger charge is -2.13. The smallest absolute Gasteiger partial charge is 0.238 e. The van der Waals surface area contributed by atoms with Gasteiger partial charge in [-0.15, -0.1) is 0 Å². The molecule has 0 heterocycles. The van der Waals surface area contributed by atoms with E-state index in [0.717, 1.165) is 36.4 Å². The van der Waals surface area contributed by atoms with E-state index in [4.69, 9.17) is 4.74 Å². The van der Waals surface area contributed by atoms with Gasteiger partial charge in [0.05, 0.1) is 13.7 Å². The number of benzene rings is 2. The van der Waals surface area contributed by atoms with E-state index in [2.05, 4.69) is 29.7 Å². The first-order valence-corrected chi connectivity index (χ1v) is 8.36. The van der Waals surface area contributed by atoms with Gasteiger partial charge < -0.3 is 15.4 Å². The largest absolute Gasteiger partial charge is 0.497 e. The Kier molecular flexibility index (Phi) is 6.82. The van der Waals surface area contributed by atoms with Crippen LogP contribution >= 0.6 is 0 Å². The summed E-state index contributed by atoms with van der Waals surface area (Å²) < 4.78 is 5.21. The predicted molar refractivity (Wildman–Crippen MR) is 98.8 cm³/mol. The second-order valence-corrected chi connectivity index (χ2v) is 5.79. The van der Waals surface area contributed by atoms with Crippen molar-refractivity contribution in [3.05, 3.63) is 59.2 Å². The normalized spacial score (nSPS) is 10.5. The van der Waals surface area contributed by atoms with Crippen LogP contribution in [0.5, 0.6) is 5.75 Å². The summed E-state index contributed by atoms with van der Waals surface area (Å²) >= 11 is 0. The fraction of sp³-hybridized carbons (Fsp3) is 0.350. The van der Waals surface area contributed by atoms with Crippen molar-refractivity contribution in [3.63, 3.8) is 0 Å². The lowest BCUT2D eigenvalue weighted by molar-refractivity contribution is -0.115. The molecule has 0 atom stereocenters. The zero-order valence-electron chi connectivity index (χ0n) is 14.7. The van der Waals surface area contributed by atoms with Crippen LogP contribution in [0, 0.1) is 6.92 Å². The topological polar surface area (TPSA) is 50.4 Å². The summed E-state index contributed by atoms with van der Waals surface area (Å²) in [5, 5.41) is 6.22. The maximum atomic E-state index is 12.2. The number of methoxy groups -OCH3 is 1. The van der Waals surface area contributed by atoms with E-state index in [0.29, 0.717) is 6.54 Å². The van der Waals surface area contributed by atoms with Gasteiger partial charge in [-0.1, -0.05) is 37.3 Å². The number of rotatable bonds is 8. The van der Waals surface area contributed by atoms with Crippen LogP contribution in [0.25, 0.3) is 0 Å². The van der Waals surface area contributed by atoms with Crippen molar-refractivity contribution in [1.29, 1.82) is 0 Å². The highest BCUT2D eigenvalue weighted by molar-refractivity contribution is 5.93. The Balaban J connectivity index is 1.79. The van der Waals surface area contributed by atoms with Crippen LogP contribution in [0.3, 0.4) is 0 Å². The van der Waals surface area contributed by atoms with Gasteiger partial charge in [-0.05, 0) is 55.1 Å². The minimum atomic E-state index is -0.00959. The van der Waals surface area contributed by atoms with Crippen LogP contribution in [0.15, 0.2) is 42.5 Å². The van der Waals surface area contributed by atoms with Gasteiger partial charge in [0.2, 0.25) is 5.91 Å². The van der Waals surface area contributed by atoms with Crippen molar-refractivity contribution in [1.82, 2.24) is 5.32 Å². The first-order chi connectivity index (χ1) is 11.6. The van der Waals surface area contributed by atoms with E-state index in [1.54, 1.807) is 7.11 Å². The van der Waals surface area contributed by atoms with Gasteiger partial charge in [-0.25, -0.2) is 0 Å². The van der Waals surface area contributed by atoms with Crippen LogP contribution in [-0.4, -0.2) is 26.1 Å². The summed E-state index contributed by atoms with van der Waals surface area (Å²) in [6.07, 6.45) is 1.76. The molecule has 128 valence electrons. The number of carbonyl (C=O) groups is 1. The van der Waals surface area contributed by atoms with Crippen molar-refractivity contribution in [2.45, 2.75) is 26.7 Å². The molecule has 2 aromatic rings.